The maximum absolute atomic E-state index is 5.72. The molecule has 4 bridgehead atoms. The van der Waals surface area contributed by atoms with Gasteiger partial charge in [0.15, 0.2) is 0 Å². The molecule has 4 fully saturated rings. The standard InChI is InChI=1S/C27H31N7O/c1-17-9-19(4-5-25(17)33-14-20-10-21(33)13-32(20)2)30-27-28-8-7-24(31-27)18-3-6-26(29-12-18)34-15-23-11-22(34)16-35-23/h3-9,12,20-23H,10-11,13-16H2,1-2H3,(H,28,30,31)/t20-,21-,22-,23-/m0/s1. The van der Waals surface area contributed by atoms with E-state index in [0.717, 1.165) is 55.4 Å². The van der Waals surface area contributed by atoms with E-state index in [0.29, 0.717) is 30.2 Å². The lowest BCUT2D eigenvalue weighted by Gasteiger charge is -2.34. The number of morpholine rings is 1. The predicted molar refractivity (Wildman–Crippen MR) is 137 cm³/mol. The molecule has 3 aromatic rings. The van der Waals surface area contributed by atoms with E-state index in [2.05, 4.69) is 69.3 Å². The van der Waals surface area contributed by atoms with Gasteiger partial charge < -0.3 is 19.9 Å². The Morgan fingerprint density at radius 3 is 2.57 bits per heavy atom. The lowest BCUT2D eigenvalue weighted by molar-refractivity contribution is 0.0989. The van der Waals surface area contributed by atoms with Crippen LogP contribution in [0.25, 0.3) is 11.3 Å². The number of rotatable bonds is 5. The van der Waals surface area contributed by atoms with Crippen molar-refractivity contribution in [3.05, 3.63) is 54.4 Å². The zero-order chi connectivity index (χ0) is 23.5. The SMILES string of the molecule is Cc1cc(Nc2nccc(-c3ccc(N4C[C@@H]5C[C@H]4CO5)nc3)n2)ccc1N1C[C@@H]2C[C@H]1CN2C. The zero-order valence-electron chi connectivity index (χ0n) is 20.3. The Bertz CT molecular complexity index is 1250. The minimum atomic E-state index is 0.363. The van der Waals surface area contributed by atoms with Crippen molar-refractivity contribution in [1.82, 2.24) is 19.9 Å². The number of hydrogen-bond donors (Lipinski definition) is 1. The molecule has 8 heteroatoms. The van der Waals surface area contributed by atoms with E-state index in [1.807, 2.05) is 12.3 Å². The number of pyridine rings is 1. The van der Waals surface area contributed by atoms with E-state index in [1.165, 1.54) is 17.7 Å². The summed E-state index contributed by atoms with van der Waals surface area (Å²) < 4.78 is 5.72. The summed E-state index contributed by atoms with van der Waals surface area (Å²) in [6.07, 6.45) is 6.46. The van der Waals surface area contributed by atoms with Crippen LogP contribution in [-0.2, 0) is 4.74 Å². The Labute approximate surface area is 206 Å². The van der Waals surface area contributed by atoms with Crippen molar-refractivity contribution in [3.8, 4) is 11.3 Å². The molecule has 4 saturated heterocycles. The van der Waals surface area contributed by atoms with Crippen molar-refractivity contribution >= 4 is 23.1 Å². The molecular weight excluding hydrogens is 438 g/mol. The molecule has 0 aliphatic carbocycles. The topological polar surface area (TPSA) is 69.6 Å². The summed E-state index contributed by atoms with van der Waals surface area (Å²) in [6, 6.07) is 14.5. The molecule has 0 saturated carbocycles. The van der Waals surface area contributed by atoms with Gasteiger partial charge in [-0.2, -0.15) is 0 Å². The first-order chi connectivity index (χ1) is 17.1. The Hall–Kier alpha value is -3.23. The summed E-state index contributed by atoms with van der Waals surface area (Å²) >= 11 is 0. The smallest absolute Gasteiger partial charge is 0.227 e. The van der Waals surface area contributed by atoms with Crippen LogP contribution in [0, 0.1) is 6.92 Å². The van der Waals surface area contributed by atoms with Crippen molar-refractivity contribution in [2.24, 2.45) is 0 Å². The van der Waals surface area contributed by atoms with Gasteiger partial charge in [-0.15, -0.1) is 0 Å². The van der Waals surface area contributed by atoms with E-state index in [9.17, 15) is 0 Å². The molecule has 0 spiro atoms. The summed E-state index contributed by atoms with van der Waals surface area (Å²) in [6.45, 7) is 6.23. The van der Waals surface area contributed by atoms with Crippen LogP contribution in [0.15, 0.2) is 48.8 Å². The Balaban J connectivity index is 1.06. The van der Waals surface area contributed by atoms with Crippen molar-refractivity contribution in [2.75, 3.05) is 48.4 Å². The van der Waals surface area contributed by atoms with Crippen LogP contribution in [0.2, 0.25) is 0 Å². The van der Waals surface area contributed by atoms with Gasteiger partial charge in [0.1, 0.15) is 5.82 Å². The largest absolute Gasteiger partial charge is 0.374 e. The van der Waals surface area contributed by atoms with Crippen LogP contribution in [0.3, 0.4) is 0 Å². The second kappa shape index (κ2) is 8.17. The van der Waals surface area contributed by atoms with Crippen molar-refractivity contribution in [2.45, 2.75) is 44.0 Å². The normalized spacial score (nSPS) is 27.3. The average molecular weight is 470 g/mol. The Kier molecular flexibility index (Phi) is 4.92. The van der Waals surface area contributed by atoms with Crippen LogP contribution in [0.5, 0.6) is 0 Å². The van der Waals surface area contributed by atoms with Gasteiger partial charge in [-0.05, 0) is 68.8 Å². The molecule has 1 N–H and O–H groups in total. The van der Waals surface area contributed by atoms with Crippen LogP contribution < -0.4 is 15.1 Å². The zero-order valence-corrected chi connectivity index (χ0v) is 20.3. The fraction of sp³-hybridized carbons (Fsp3) is 0.444. The number of benzene rings is 1. The molecule has 4 aliphatic heterocycles. The van der Waals surface area contributed by atoms with Gasteiger partial charge >= 0.3 is 0 Å². The number of fused-ring (bicyclic) bond motifs is 4. The van der Waals surface area contributed by atoms with Gasteiger partial charge in [0, 0.05) is 61.0 Å². The molecule has 4 atom stereocenters. The fourth-order valence-electron chi connectivity index (χ4n) is 6.31. The average Bonchev–Trinajstić information content (AvgIpc) is 3.66. The van der Waals surface area contributed by atoms with E-state index in [-0.39, 0.29) is 0 Å². The number of piperazine rings is 1. The molecule has 2 aromatic heterocycles. The highest BCUT2D eigenvalue weighted by atomic mass is 16.5. The lowest BCUT2D eigenvalue weighted by atomic mass is 10.1. The van der Waals surface area contributed by atoms with E-state index < -0.39 is 0 Å². The van der Waals surface area contributed by atoms with Crippen LogP contribution in [0.4, 0.5) is 23.1 Å². The Morgan fingerprint density at radius 1 is 0.943 bits per heavy atom. The van der Waals surface area contributed by atoms with Gasteiger partial charge in [0.25, 0.3) is 0 Å². The number of likely N-dealkylation sites (tertiary alicyclic amines) is 1. The summed E-state index contributed by atoms with van der Waals surface area (Å²) in [4.78, 5) is 21.4. The van der Waals surface area contributed by atoms with E-state index in [1.54, 1.807) is 6.20 Å². The highest BCUT2D eigenvalue weighted by Gasteiger charge is 2.42. The first kappa shape index (κ1) is 21.1. The molecule has 6 heterocycles. The number of nitrogens with zero attached hydrogens (tertiary/aromatic N) is 6. The first-order valence-corrected chi connectivity index (χ1v) is 12.6. The molecule has 35 heavy (non-hydrogen) atoms. The van der Waals surface area contributed by atoms with Crippen LogP contribution in [0.1, 0.15) is 18.4 Å². The van der Waals surface area contributed by atoms with Crippen LogP contribution >= 0.6 is 0 Å². The third-order valence-electron chi connectivity index (χ3n) is 8.17. The minimum Gasteiger partial charge on any atom is -0.374 e. The van der Waals surface area contributed by atoms with Crippen molar-refractivity contribution in [1.29, 1.82) is 0 Å². The summed E-state index contributed by atoms with van der Waals surface area (Å²) in [5, 5.41) is 3.40. The minimum absolute atomic E-state index is 0.363. The second-order valence-electron chi connectivity index (χ2n) is 10.4. The highest BCUT2D eigenvalue weighted by molar-refractivity contribution is 5.66. The highest BCUT2D eigenvalue weighted by Crippen LogP contribution is 2.36. The third-order valence-corrected chi connectivity index (χ3v) is 8.17. The van der Waals surface area contributed by atoms with Gasteiger partial charge in [0.2, 0.25) is 5.95 Å². The molecule has 8 nitrogen and oxygen atoms in total. The molecule has 1 aromatic carbocycles. The lowest BCUT2D eigenvalue weighted by Crippen LogP contribution is -2.44. The second-order valence-corrected chi connectivity index (χ2v) is 10.4. The molecule has 7 rings (SSSR count). The number of aryl methyl sites for hydroxylation is 1. The summed E-state index contributed by atoms with van der Waals surface area (Å²) in [5.41, 5.74) is 5.47. The third kappa shape index (κ3) is 3.72. The number of aromatic nitrogens is 3. The Morgan fingerprint density at radius 2 is 1.89 bits per heavy atom. The maximum atomic E-state index is 5.72. The maximum Gasteiger partial charge on any atom is 0.227 e. The summed E-state index contributed by atoms with van der Waals surface area (Å²) in [7, 11) is 2.24. The van der Waals surface area contributed by atoms with Gasteiger partial charge in [-0.3, -0.25) is 4.90 Å². The number of hydrogen-bond acceptors (Lipinski definition) is 8. The van der Waals surface area contributed by atoms with E-state index in [4.69, 9.17) is 14.7 Å². The van der Waals surface area contributed by atoms with Gasteiger partial charge in [-0.25, -0.2) is 15.0 Å². The molecule has 180 valence electrons. The quantitative estimate of drug-likeness (QED) is 0.609. The molecular formula is C27H31N7O. The van der Waals surface area contributed by atoms with Crippen molar-refractivity contribution in [3.63, 3.8) is 0 Å². The predicted octanol–water partition coefficient (Wildman–Crippen LogP) is 3.46. The van der Waals surface area contributed by atoms with Gasteiger partial charge in [-0.1, -0.05) is 0 Å². The van der Waals surface area contributed by atoms with Gasteiger partial charge in [0.05, 0.1) is 24.4 Å². The molecule has 0 amide bonds. The van der Waals surface area contributed by atoms with Crippen molar-refractivity contribution < 1.29 is 4.74 Å². The first-order valence-electron chi connectivity index (χ1n) is 12.6. The van der Waals surface area contributed by atoms with E-state index >= 15 is 0 Å². The molecule has 0 radical (unpaired) electrons. The van der Waals surface area contributed by atoms with Crippen LogP contribution in [-0.4, -0.2) is 77.4 Å². The number of ether oxygens (including phenoxy) is 1. The number of anilines is 4. The fourth-order valence-corrected chi connectivity index (χ4v) is 6.31. The molecule has 0 unspecified atom stereocenters. The summed E-state index contributed by atoms with van der Waals surface area (Å²) in [5.74, 6) is 1.61. The number of likely N-dealkylation sites (N-methyl/N-ethyl adjacent to an activating group) is 1. The monoisotopic (exact) mass is 469 g/mol. The molecule has 4 aliphatic rings. The number of nitrogens with one attached hydrogen (secondary N) is 1.